The number of nitrogens with zero attached hydrogens (tertiary/aromatic N) is 11. The first-order valence-corrected chi connectivity index (χ1v) is 48.5. The summed E-state index contributed by atoms with van der Waals surface area (Å²) >= 11 is 0. The number of aliphatic hydroxyl groups excluding tert-OH is 2. The van der Waals surface area contributed by atoms with Gasteiger partial charge in [-0.15, -0.1) is 0 Å². The Morgan fingerprint density at radius 1 is 0.552 bits per heavy atom. The van der Waals surface area contributed by atoms with Gasteiger partial charge >= 0.3 is 0 Å². The second-order valence-corrected chi connectivity index (χ2v) is 51.8. The molecule has 2 atom stereocenters. The monoisotopic (exact) mass is 1620 g/mol. The molecule has 4 fully saturated rings. The molecule has 0 aliphatic carbocycles. The normalized spacial score (nSPS) is 17.7. The molecule has 0 radical (unpaired) electrons. The first-order valence-electron chi connectivity index (χ1n) is 41.1. The summed E-state index contributed by atoms with van der Waals surface area (Å²) < 4.78 is 39.7. The zero-order valence-electron chi connectivity index (χ0n) is 73.2. The molecule has 6 aromatic heterocycles. The van der Waals surface area contributed by atoms with E-state index >= 15 is 0 Å². The lowest BCUT2D eigenvalue weighted by atomic mass is 9.87. The fourth-order valence-electron chi connectivity index (χ4n) is 14.6. The number of ketones is 3. The van der Waals surface area contributed by atoms with Crippen LogP contribution in [0.25, 0.3) is 67.3 Å². The number of nitrogens with one attached hydrogen (secondary N) is 1. The fourth-order valence-corrected chi connectivity index (χ4v) is 16.1. The Kier molecular flexibility index (Phi) is 26.2. The summed E-state index contributed by atoms with van der Waals surface area (Å²) in [6, 6.07) is 19.8. The highest BCUT2D eigenvalue weighted by atomic mass is 28.3. The van der Waals surface area contributed by atoms with Gasteiger partial charge in [-0.3, -0.25) is 14.4 Å². The van der Waals surface area contributed by atoms with Gasteiger partial charge in [0.15, 0.2) is 40.1 Å². The second-order valence-electron chi connectivity index (χ2n) is 40.6. The van der Waals surface area contributed by atoms with E-state index in [1.54, 1.807) is 36.9 Å². The lowest BCUT2D eigenvalue weighted by Crippen LogP contribution is -2.25. The number of phenolic OH excluding ortho intramolecular Hbond substituents is 1. The SMILES string of the molecule is CC1(C)CCN(c2cc(O)cc(-c3cnc4c(n3)c(C(=O)C(C)(C)C)cn4COCC[Si](C)(C)C)c2)C1.CC1(C)CCN(c2cc(OCC(O)CO)cc(-c3cnc4[nH]cc(C(=O)C(C)(C)C)c4n3)c2)C1.CC1(C)CCN(c2cc(OCC3COC(C)(C)O3)cc(-c3cnc4c(n3)c(C(=O)C(C)(C)C)cn4COCC[Si](C)(C)C)c2)C1. The summed E-state index contributed by atoms with van der Waals surface area (Å²) in [7, 11) is -2.42. The first kappa shape index (κ1) is 88.3. The molecule has 9 aromatic rings. The number of anilines is 3. The summed E-state index contributed by atoms with van der Waals surface area (Å²) in [5.41, 5.74) is 11.7. The molecule has 3 aromatic carbocycles. The van der Waals surface area contributed by atoms with E-state index < -0.39 is 44.3 Å². The number of fused-ring (bicyclic) bond motifs is 3. The third kappa shape index (κ3) is 22.7. The predicted octanol–water partition coefficient (Wildman–Crippen LogP) is 17.8. The van der Waals surface area contributed by atoms with Crippen molar-refractivity contribution in [2.75, 3.05) is 93.6 Å². The van der Waals surface area contributed by atoms with Gasteiger partial charge in [-0.25, -0.2) is 29.9 Å². The molecule has 4 N–H and O–H groups in total. The van der Waals surface area contributed by atoms with Crippen molar-refractivity contribution in [3.63, 3.8) is 0 Å². The number of aromatic amines is 1. The molecule has 10 heterocycles. The van der Waals surface area contributed by atoms with Gasteiger partial charge in [0, 0.05) is 155 Å². The maximum atomic E-state index is 13.6. The molecule has 26 heteroatoms. The highest BCUT2D eigenvalue weighted by molar-refractivity contribution is 6.76. The number of ether oxygens (including phenoxy) is 6. The average molecular weight is 1630 g/mol. The van der Waals surface area contributed by atoms with Crippen LogP contribution >= 0.6 is 0 Å². The van der Waals surface area contributed by atoms with Gasteiger partial charge in [0.05, 0.1) is 65.6 Å². The molecule has 0 amide bonds. The van der Waals surface area contributed by atoms with Crippen LogP contribution in [-0.4, -0.2) is 190 Å². The van der Waals surface area contributed by atoms with Crippen LogP contribution < -0.4 is 24.2 Å². The van der Waals surface area contributed by atoms with Gasteiger partial charge in [0.1, 0.15) is 72.7 Å². The largest absolute Gasteiger partial charge is 0.508 e. The van der Waals surface area contributed by atoms with E-state index in [-0.39, 0.29) is 58.7 Å². The zero-order valence-corrected chi connectivity index (χ0v) is 75.2. The molecule has 0 saturated carbocycles. The van der Waals surface area contributed by atoms with E-state index in [2.05, 4.69) is 130 Å². The van der Waals surface area contributed by atoms with Crippen LogP contribution in [0.1, 0.15) is 168 Å². The van der Waals surface area contributed by atoms with Gasteiger partial charge in [-0.1, -0.05) is 143 Å². The molecule has 24 nitrogen and oxygen atoms in total. The summed E-state index contributed by atoms with van der Waals surface area (Å²) in [6.07, 6.45) is 12.8. The fraction of sp³-hybridized carbons (Fsp3) is 0.567. The molecule has 4 saturated heterocycles. The van der Waals surface area contributed by atoms with E-state index in [4.69, 9.17) is 58.4 Å². The number of carbonyl (C=O) groups is 3. The maximum absolute atomic E-state index is 13.6. The highest BCUT2D eigenvalue weighted by Gasteiger charge is 2.37. The standard InChI is InChI=1S/C35H52N4O5Si.C29H42N4O3Si.C26H34N4O4/c1-33(2,3)31(40)28-19-39(23-41-13-14-45(8,9)10)32-30(28)37-29(18-36-32)24-15-25(38-12-11-34(4,5)22-38)17-26(16-24)42-20-27-21-43-35(6,7)44-27;1-28(2,3)26(35)23-17-33(19-36-11-12-37(6,7)8)27-25(23)31-24(16-30-27)20-13-21(15-22(34)14-20)32-10-9-29(4,5)18-32;1-25(2,3)23(33)20-11-27-24-22(20)29-21(12-28-24)16-8-17(30-7-6-26(4,5)15-30)10-19(9-16)34-14-18(32)13-31/h15-19,27H,11-14,20-23H2,1-10H3;13-17,34H,9-12,18-19H2,1-8H3;8-12,18,31-32H,6-7,13-15H2,1-5H3,(H,27,28). The smallest absolute Gasteiger partial charge is 0.171 e. The van der Waals surface area contributed by atoms with Crippen molar-refractivity contribution in [3.8, 4) is 51.0 Å². The molecule has 4 aliphatic rings. The Bertz CT molecular complexity index is 5010. The van der Waals surface area contributed by atoms with Crippen molar-refractivity contribution >= 4 is 84.1 Å². The van der Waals surface area contributed by atoms with Crippen LogP contribution in [0.5, 0.6) is 17.2 Å². The molecule has 0 bridgehead atoms. The molecule has 4 aliphatic heterocycles. The third-order valence-corrected chi connectivity index (χ3v) is 25.0. The van der Waals surface area contributed by atoms with Gasteiger partial charge in [-0.2, -0.15) is 0 Å². The number of Topliss-reactive ketones (excluding diaryl/α,β-unsaturated/α-hetero) is 3. The molecule has 2 unspecified atom stereocenters. The molecule has 116 heavy (non-hydrogen) atoms. The Balaban J connectivity index is 0.000000173. The number of hydrogen-bond acceptors (Lipinski definition) is 21. The van der Waals surface area contributed by atoms with Gasteiger partial charge in [0.2, 0.25) is 0 Å². The molecular weight excluding hydrogens is 1500 g/mol. The first-order chi connectivity index (χ1) is 54.0. The Hall–Kier alpha value is -8.48. The molecular formula is C90H128N12O12Si2. The van der Waals surface area contributed by atoms with Crippen LogP contribution in [0.15, 0.2) is 91.8 Å². The lowest BCUT2D eigenvalue weighted by molar-refractivity contribution is -0.141. The summed E-state index contributed by atoms with van der Waals surface area (Å²) in [5, 5.41) is 29.4. The minimum absolute atomic E-state index is 0.000243. The Morgan fingerprint density at radius 2 is 0.957 bits per heavy atom. The van der Waals surface area contributed by atoms with Crippen LogP contribution in [0.4, 0.5) is 17.1 Å². The number of aromatic nitrogens is 9. The average Bonchev–Trinajstić information content (AvgIpc) is 1.61. The van der Waals surface area contributed by atoms with Crippen molar-refractivity contribution in [2.45, 2.75) is 220 Å². The number of hydrogen-bond donors (Lipinski definition) is 4. The lowest BCUT2D eigenvalue weighted by Gasteiger charge is -2.23. The summed E-state index contributed by atoms with van der Waals surface area (Å²) in [4.78, 5) is 79.0. The van der Waals surface area contributed by atoms with Crippen LogP contribution in [0, 0.1) is 32.5 Å². The minimum atomic E-state index is -1.22. The number of benzene rings is 3. The van der Waals surface area contributed by atoms with Crippen molar-refractivity contribution in [1.29, 1.82) is 0 Å². The number of carbonyl (C=O) groups excluding carboxylic acids is 3. The number of phenols is 1. The quantitative estimate of drug-likeness (QED) is 0.0223. The molecule has 628 valence electrons. The summed E-state index contributed by atoms with van der Waals surface area (Å²) in [6.45, 7) is 56.9. The Labute approximate surface area is 687 Å². The van der Waals surface area contributed by atoms with Crippen LogP contribution in [0.2, 0.25) is 51.4 Å². The van der Waals surface area contributed by atoms with E-state index in [1.165, 1.54) is 0 Å². The topological polar surface area (TPSA) is 280 Å². The van der Waals surface area contributed by atoms with Crippen molar-refractivity contribution in [1.82, 2.24) is 44.0 Å². The minimum Gasteiger partial charge on any atom is -0.508 e. The van der Waals surface area contributed by atoms with E-state index in [0.717, 1.165) is 110 Å². The van der Waals surface area contributed by atoms with E-state index in [0.29, 0.717) is 113 Å². The number of H-pyrrole nitrogens is 1. The van der Waals surface area contributed by atoms with Crippen molar-refractivity contribution in [2.24, 2.45) is 32.5 Å². The summed E-state index contributed by atoms with van der Waals surface area (Å²) in [5.74, 6) is 0.942. The van der Waals surface area contributed by atoms with E-state index in [9.17, 15) is 24.6 Å². The Morgan fingerprint density at radius 3 is 1.35 bits per heavy atom. The van der Waals surface area contributed by atoms with Crippen LogP contribution in [-0.2, 0) is 32.4 Å². The van der Waals surface area contributed by atoms with Gasteiger partial charge in [0.25, 0.3) is 0 Å². The van der Waals surface area contributed by atoms with Gasteiger partial charge in [-0.05, 0) is 97.8 Å². The van der Waals surface area contributed by atoms with Crippen LogP contribution in [0.3, 0.4) is 0 Å². The highest BCUT2D eigenvalue weighted by Crippen LogP contribution is 2.42. The second kappa shape index (κ2) is 34.5. The van der Waals surface area contributed by atoms with Crippen molar-refractivity contribution < 1.29 is 58.1 Å². The number of aliphatic hydroxyl groups is 2. The molecule has 0 spiro atoms. The number of rotatable bonds is 26. The maximum Gasteiger partial charge on any atom is 0.171 e. The zero-order chi connectivity index (χ0) is 84.6. The predicted molar refractivity (Wildman–Crippen MR) is 467 cm³/mol. The third-order valence-electron chi connectivity index (χ3n) is 21.6. The molecule has 13 rings (SSSR count). The van der Waals surface area contributed by atoms with Gasteiger partial charge < -0.3 is 72.6 Å². The number of aromatic hydroxyl groups is 1. The van der Waals surface area contributed by atoms with Crippen molar-refractivity contribution in [3.05, 3.63) is 108 Å². The van der Waals surface area contributed by atoms with E-state index in [1.807, 2.05) is 116 Å².